The summed E-state index contributed by atoms with van der Waals surface area (Å²) < 4.78 is 0. The highest BCUT2D eigenvalue weighted by molar-refractivity contribution is 5.32. The van der Waals surface area contributed by atoms with Crippen molar-refractivity contribution >= 4 is 0 Å². The quantitative estimate of drug-likeness (QED) is 0.924. The summed E-state index contributed by atoms with van der Waals surface area (Å²) in [5.74, 6) is 2.42. The number of hydrogen-bond donors (Lipinski definition) is 1. The van der Waals surface area contributed by atoms with E-state index in [9.17, 15) is 5.11 Å². The second-order valence-electron chi connectivity index (χ2n) is 7.75. The van der Waals surface area contributed by atoms with Gasteiger partial charge in [0, 0.05) is 6.54 Å². The molecule has 1 N–H and O–H groups in total. The molecule has 1 atom stereocenters. The van der Waals surface area contributed by atoms with Crippen LogP contribution in [0.3, 0.4) is 0 Å². The minimum Gasteiger partial charge on any atom is -0.393 e. The van der Waals surface area contributed by atoms with E-state index in [2.05, 4.69) is 29.2 Å². The first-order valence-electron chi connectivity index (χ1n) is 9.19. The Morgan fingerprint density at radius 3 is 2.55 bits per heavy atom. The van der Waals surface area contributed by atoms with Crippen molar-refractivity contribution in [2.45, 2.75) is 57.0 Å². The molecular weight excluding hydrogens is 270 g/mol. The zero-order valence-electron chi connectivity index (χ0n) is 13.5. The van der Waals surface area contributed by atoms with Gasteiger partial charge in [0.2, 0.25) is 0 Å². The smallest absolute Gasteiger partial charge is 0.0540 e. The van der Waals surface area contributed by atoms with Gasteiger partial charge in [-0.15, -0.1) is 0 Å². The molecular formula is C20H28NO. The Bertz CT molecular complexity index is 498. The number of benzene rings is 1. The second-order valence-corrected chi connectivity index (χ2v) is 7.75. The first-order chi connectivity index (χ1) is 10.8. The van der Waals surface area contributed by atoms with Gasteiger partial charge in [-0.25, -0.2) is 0 Å². The SMILES string of the molecule is OC1CCC(Cc2c[c]ccc2[C@@H]2CN3CCC2CC3)CC1. The Balaban J connectivity index is 1.51. The van der Waals surface area contributed by atoms with Crippen molar-refractivity contribution in [3.63, 3.8) is 0 Å². The minimum absolute atomic E-state index is 0.0417. The maximum Gasteiger partial charge on any atom is 0.0540 e. The third-order valence-electron chi connectivity index (χ3n) is 6.37. The topological polar surface area (TPSA) is 23.5 Å². The molecule has 2 nitrogen and oxygen atoms in total. The normalized spacial score (nSPS) is 38.1. The molecule has 22 heavy (non-hydrogen) atoms. The van der Waals surface area contributed by atoms with Gasteiger partial charge < -0.3 is 10.0 Å². The zero-order valence-corrected chi connectivity index (χ0v) is 13.5. The summed E-state index contributed by atoms with van der Waals surface area (Å²) in [6, 6.07) is 10.0. The van der Waals surface area contributed by atoms with Crippen LogP contribution < -0.4 is 0 Å². The Hall–Kier alpha value is -0.860. The third-order valence-corrected chi connectivity index (χ3v) is 6.37. The van der Waals surface area contributed by atoms with Gasteiger partial charge >= 0.3 is 0 Å². The number of rotatable bonds is 3. The fourth-order valence-corrected chi connectivity index (χ4v) is 4.99. The summed E-state index contributed by atoms with van der Waals surface area (Å²) >= 11 is 0. The number of fused-ring (bicyclic) bond motifs is 3. The monoisotopic (exact) mass is 298 g/mol. The van der Waals surface area contributed by atoms with E-state index in [4.69, 9.17) is 0 Å². The maximum absolute atomic E-state index is 9.71. The minimum atomic E-state index is -0.0417. The lowest BCUT2D eigenvalue weighted by Crippen LogP contribution is -2.46. The van der Waals surface area contributed by atoms with Gasteiger partial charge in [0.15, 0.2) is 0 Å². The molecule has 119 valence electrons. The van der Waals surface area contributed by atoms with Gasteiger partial charge in [-0.3, -0.25) is 0 Å². The van der Waals surface area contributed by atoms with Gasteiger partial charge in [-0.1, -0.05) is 18.2 Å². The summed E-state index contributed by atoms with van der Waals surface area (Å²) in [5, 5.41) is 9.71. The first kappa shape index (κ1) is 14.7. The van der Waals surface area contributed by atoms with E-state index in [1.165, 1.54) is 51.7 Å². The van der Waals surface area contributed by atoms with Crippen molar-refractivity contribution < 1.29 is 5.11 Å². The van der Waals surface area contributed by atoms with Crippen molar-refractivity contribution in [2.75, 3.05) is 19.6 Å². The number of aliphatic hydroxyl groups excluding tert-OH is 1. The van der Waals surface area contributed by atoms with Gasteiger partial charge in [0.05, 0.1) is 6.10 Å². The van der Waals surface area contributed by atoms with Gasteiger partial charge in [-0.05, 0) is 93.0 Å². The molecule has 1 saturated carbocycles. The van der Waals surface area contributed by atoms with E-state index >= 15 is 0 Å². The van der Waals surface area contributed by atoms with Crippen LogP contribution in [0.4, 0.5) is 0 Å². The van der Waals surface area contributed by atoms with E-state index < -0.39 is 0 Å². The van der Waals surface area contributed by atoms with E-state index in [-0.39, 0.29) is 6.10 Å². The van der Waals surface area contributed by atoms with Crippen molar-refractivity contribution in [1.29, 1.82) is 0 Å². The molecule has 0 aromatic heterocycles. The highest BCUT2D eigenvalue weighted by Crippen LogP contribution is 2.41. The van der Waals surface area contributed by atoms with E-state index in [0.29, 0.717) is 0 Å². The van der Waals surface area contributed by atoms with Crippen LogP contribution >= 0.6 is 0 Å². The lowest BCUT2D eigenvalue weighted by molar-refractivity contribution is 0.0862. The molecule has 0 unspecified atom stereocenters. The Morgan fingerprint density at radius 2 is 1.86 bits per heavy atom. The number of nitrogens with zero attached hydrogens (tertiary/aromatic N) is 1. The molecule has 3 aliphatic heterocycles. The van der Waals surface area contributed by atoms with Crippen LogP contribution in [-0.2, 0) is 6.42 Å². The highest BCUT2D eigenvalue weighted by Gasteiger charge is 2.36. The molecule has 1 aromatic rings. The van der Waals surface area contributed by atoms with Crippen LogP contribution in [-0.4, -0.2) is 35.7 Å². The van der Waals surface area contributed by atoms with Crippen LogP contribution in [0.5, 0.6) is 0 Å². The summed E-state index contributed by atoms with van der Waals surface area (Å²) in [4.78, 5) is 2.65. The van der Waals surface area contributed by atoms with Crippen LogP contribution in [0.1, 0.15) is 55.6 Å². The largest absolute Gasteiger partial charge is 0.393 e. The van der Waals surface area contributed by atoms with Crippen molar-refractivity contribution in [2.24, 2.45) is 11.8 Å². The van der Waals surface area contributed by atoms with Gasteiger partial charge in [0.1, 0.15) is 0 Å². The van der Waals surface area contributed by atoms with E-state index in [1.54, 1.807) is 11.1 Å². The van der Waals surface area contributed by atoms with Crippen LogP contribution in [0.25, 0.3) is 0 Å². The zero-order chi connectivity index (χ0) is 14.9. The molecule has 2 heteroatoms. The Labute approximate surface area is 134 Å². The molecule has 0 amide bonds. The fourth-order valence-electron chi connectivity index (χ4n) is 4.99. The van der Waals surface area contributed by atoms with Crippen LogP contribution in [0.15, 0.2) is 18.2 Å². The molecule has 3 heterocycles. The molecule has 1 radical (unpaired) electrons. The standard InChI is InChI=1S/C20H28NO/c22-18-7-5-15(6-8-18)13-17-3-1-2-4-19(17)20-14-21-11-9-16(20)10-12-21/h2-4,15-16,18,20,22H,5-14H2/t15?,18?,20-/m1/s1. The van der Waals surface area contributed by atoms with Crippen molar-refractivity contribution in [1.82, 2.24) is 4.90 Å². The van der Waals surface area contributed by atoms with E-state index in [1.807, 2.05) is 0 Å². The Morgan fingerprint density at radius 1 is 1.09 bits per heavy atom. The summed E-state index contributed by atoms with van der Waals surface area (Å²) in [7, 11) is 0. The van der Waals surface area contributed by atoms with Gasteiger partial charge in [0.25, 0.3) is 0 Å². The van der Waals surface area contributed by atoms with Crippen LogP contribution in [0, 0.1) is 17.9 Å². The maximum atomic E-state index is 9.71. The number of aliphatic hydroxyl groups is 1. The summed E-state index contributed by atoms with van der Waals surface area (Å²) in [6.45, 7) is 3.90. The summed E-state index contributed by atoms with van der Waals surface area (Å²) in [6.07, 6.45) is 8.30. The second kappa shape index (κ2) is 6.33. The molecule has 1 aliphatic carbocycles. The molecule has 3 saturated heterocycles. The predicted molar refractivity (Wildman–Crippen MR) is 88.9 cm³/mol. The summed E-state index contributed by atoms with van der Waals surface area (Å²) in [5.41, 5.74) is 3.15. The van der Waals surface area contributed by atoms with E-state index in [0.717, 1.165) is 30.6 Å². The molecule has 0 spiro atoms. The highest BCUT2D eigenvalue weighted by atomic mass is 16.3. The lowest BCUT2D eigenvalue weighted by Gasteiger charge is -2.45. The third kappa shape index (κ3) is 2.96. The predicted octanol–water partition coefficient (Wildman–Crippen LogP) is 3.39. The average molecular weight is 298 g/mol. The first-order valence-corrected chi connectivity index (χ1v) is 9.19. The number of hydrogen-bond acceptors (Lipinski definition) is 2. The molecule has 2 bridgehead atoms. The lowest BCUT2D eigenvalue weighted by atomic mass is 9.73. The number of piperidine rings is 3. The molecule has 4 aliphatic rings. The molecule has 1 aromatic carbocycles. The Kier molecular flexibility index (Phi) is 4.23. The van der Waals surface area contributed by atoms with Crippen LogP contribution in [0.2, 0.25) is 0 Å². The molecule has 5 rings (SSSR count). The van der Waals surface area contributed by atoms with Gasteiger partial charge in [-0.2, -0.15) is 0 Å². The average Bonchev–Trinajstić information content (AvgIpc) is 2.58. The van der Waals surface area contributed by atoms with Crippen molar-refractivity contribution in [3.05, 3.63) is 35.4 Å². The van der Waals surface area contributed by atoms with Crippen molar-refractivity contribution in [3.8, 4) is 0 Å². The fraction of sp³-hybridized carbons (Fsp3) is 0.700. The molecule has 4 fully saturated rings.